The number of benzene rings is 1. The average molecular weight is 289 g/mol. The quantitative estimate of drug-likeness (QED) is 0.887. The summed E-state index contributed by atoms with van der Waals surface area (Å²) in [6.07, 6.45) is 1.80. The van der Waals surface area contributed by atoms with Gasteiger partial charge in [0.15, 0.2) is 0 Å². The Bertz CT molecular complexity index is 523. The summed E-state index contributed by atoms with van der Waals surface area (Å²) in [5.74, 6) is -0.0656. The number of hydrogen-bond acceptors (Lipinski definition) is 3. The first-order valence-electron chi connectivity index (χ1n) is 7.28. The Morgan fingerprint density at radius 3 is 2.76 bits per heavy atom. The van der Waals surface area contributed by atoms with E-state index in [9.17, 15) is 9.59 Å². The Morgan fingerprint density at radius 1 is 1.33 bits per heavy atom. The number of urea groups is 1. The molecule has 6 heteroatoms. The number of nitrogens with one attached hydrogen (secondary N) is 2. The molecule has 3 amide bonds. The molecule has 2 fully saturated rings. The van der Waals surface area contributed by atoms with Crippen LogP contribution in [0.3, 0.4) is 0 Å². The summed E-state index contributed by atoms with van der Waals surface area (Å²) in [4.78, 5) is 25.4. The lowest BCUT2D eigenvalue weighted by Crippen LogP contribution is -2.30. The van der Waals surface area contributed by atoms with Crippen LogP contribution in [0.1, 0.15) is 12.8 Å². The molecule has 0 bridgehead atoms. The van der Waals surface area contributed by atoms with Gasteiger partial charge in [0, 0.05) is 31.1 Å². The normalized spacial score (nSPS) is 22.0. The zero-order valence-electron chi connectivity index (χ0n) is 11.8. The highest BCUT2D eigenvalue weighted by molar-refractivity contribution is 5.95. The van der Waals surface area contributed by atoms with E-state index in [0.717, 1.165) is 30.8 Å². The van der Waals surface area contributed by atoms with Gasteiger partial charge < -0.3 is 15.4 Å². The Balaban J connectivity index is 1.61. The number of carbonyl (C=O) groups excluding carboxylic acids is 2. The first-order valence-corrected chi connectivity index (χ1v) is 7.28. The summed E-state index contributed by atoms with van der Waals surface area (Å²) in [6.45, 7) is 2.58. The van der Waals surface area contributed by atoms with Gasteiger partial charge in [-0.3, -0.25) is 9.69 Å². The molecule has 1 unspecified atom stereocenters. The van der Waals surface area contributed by atoms with Crippen molar-refractivity contribution in [2.75, 3.05) is 36.5 Å². The third-order valence-corrected chi connectivity index (χ3v) is 3.83. The summed E-state index contributed by atoms with van der Waals surface area (Å²) >= 11 is 0. The summed E-state index contributed by atoms with van der Waals surface area (Å²) in [5.41, 5.74) is 1.58. The second-order valence-electron chi connectivity index (χ2n) is 5.33. The summed E-state index contributed by atoms with van der Waals surface area (Å²) in [7, 11) is 0. The molecule has 1 aromatic rings. The third kappa shape index (κ3) is 3.16. The van der Waals surface area contributed by atoms with Gasteiger partial charge in [-0.1, -0.05) is 0 Å². The minimum Gasteiger partial charge on any atom is -0.381 e. The van der Waals surface area contributed by atoms with Gasteiger partial charge in [0.25, 0.3) is 0 Å². The highest BCUT2D eigenvalue weighted by atomic mass is 16.5. The first-order chi connectivity index (χ1) is 10.2. The average Bonchev–Trinajstić information content (AvgIpc) is 2.95. The number of rotatable bonds is 3. The van der Waals surface area contributed by atoms with E-state index < -0.39 is 0 Å². The second kappa shape index (κ2) is 6.13. The highest BCUT2D eigenvalue weighted by Gasteiger charge is 2.23. The maximum atomic E-state index is 12.1. The van der Waals surface area contributed by atoms with E-state index in [4.69, 9.17) is 4.74 Å². The van der Waals surface area contributed by atoms with Crippen molar-refractivity contribution in [1.82, 2.24) is 5.32 Å². The molecule has 2 heterocycles. The van der Waals surface area contributed by atoms with Crippen molar-refractivity contribution in [3.8, 4) is 0 Å². The van der Waals surface area contributed by atoms with Gasteiger partial charge in [0.2, 0.25) is 5.91 Å². The Hall–Kier alpha value is -2.08. The molecule has 0 spiro atoms. The minimum atomic E-state index is -0.0776. The molecule has 1 atom stereocenters. The fraction of sp³-hybridized carbons (Fsp3) is 0.467. The van der Waals surface area contributed by atoms with Crippen LogP contribution in [0, 0.1) is 5.92 Å². The van der Waals surface area contributed by atoms with Crippen molar-refractivity contribution in [2.24, 2.45) is 5.92 Å². The predicted octanol–water partition coefficient (Wildman–Crippen LogP) is 1.58. The van der Waals surface area contributed by atoms with Gasteiger partial charge >= 0.3 is 6.03 Å². The maximum Gasteiger partial charge on any atom is 0.321 e. The van der Waals surface area contributed by atoms with Gasteiger partial charge in [0.1, 0.15) is 0 Å². The summed E-state index contributed by atoms with van der Waals surface area (Å²) < 4.78 is 5.33. The Kier molecular flexibility index (Phi) is 4.06. The van der Waals surface area contributed by atoms with Gasteiger partial charge in [-0.2, -0.15) is 0 Å². The molecule has 0 saturated carbocycles. The summed E-state index contributed by atoms with van der Waals surface area (Å²) in [6, 6.07) is 7.26. The third-order valence-electron chi connectivity index (χ3n) is 3.83. The van der Waals surface area contributed by atoms with Crippen LogP contribution in [-0.4, -0.2) is 38.2 Å². The van der Waals surface area contributed by atoms with Crippen molar-refractivity contribution >= 4 is 23.3 Å². The number of nitrogens with zero attached hydrogens (tertiary/aromatic N) is 1. The van der Waals surface area contributed by atoms with Gasteiger partial charge in [-0.15, -0.1) is 0 Å². The van der Waals surface area contributed by atoms with E-state index in [1.54, 1.807) is 4.90 Å². The molecule has 0 radical (unpaired) electrons. The number of anilines is 2. The number of amides is 3. The molecular weight excluding hydrogens is 270 g/mol. The van der Waals surface area contributed by atoms with Gasteiger partial charge in [0.05, 0.1) is 12.5 Å². The smallest absolute Gasteiger partial charge is 0.321 e. The SMILES string of the molecule is O=C(Nc1ccc(N2CCNC2=O)cc1)C1CCCOC1. The van der Waals surface area contributed by atoms with Crippen LogP contribution in [0.5, 0.6) is 0 Å². The van der Waals surface area contributed by atoms with Crippen LogP contribution >= 0.6 is 0 Å². The van der Waals surface area contributed by atoms with Crippen molar-refractivity contribution in [3.63, 3.8) is 0 Å². The molecular formula is C15H19N3O3. The highest BCUT2D eigenvalue weighted by Crippen LogP contribution is 2.21. The standard InChI is InChI=1S/C15H19N3O3/c19-14(11-2-1-9-21-10-11)17-12-3-5-13(6-4-12)18-8-7-16-15(18)20/h3-6,11H,1-2,7-10H2,(H,16,20)(H,17,19). The van der Waals surface area contributed by atoms with Crippen LogP contribution in [0.2, 0.25) is 0 Å². The zero-order valence-corrected chi connectivity index (χ0v) is 11.8. The molecule has 21 heavy (non-hydrogen) atoms. The number of carbonyl (C=O) groups is 2. The lowest BCUT2D eigenvalue weighted by atomic mass is 10.0. The van der Waals surface area contributed by atoms with Crippen LogP contribution in [0.15, 0.2) is 24.3 Å². The van der Waals surface area contributed by atoms with Crippen molar-refractivity contribution in [2.45, 2.75) is 12.8 Å². The largest absolute Gasteiger partial charge is 0.381 e. The van der Waals surface area contributed by atoms with Crippen molar-refractivity contribution in [3.05, 3.63) is 24.3 Å². The number of ether oxygens (including phenoxy) is 1. The van der Waals surface area contributed by atoms with E-state index in [0.29, 0.717) is 19.7 Å². The van der Waals surface area contributed by atoms with Crippen molar-refractivity contribution in [1.29, 1.82) is 0 Å². The molecule has 3 rings (SSSR count). The van der Waals surface area contributed by atoms with Gasteiger partial charge in [-0.25, -0.2) is 4.79 Å². The topological polar surface area (TPSA) is 70.7 Å². The molecule has 2 aliphatic heterocycles. The fourth-order valence-corrected chi connectivity index (χ4v) is 2.63. The fourth-order valence-electron chi connectivity index (χ4n) is 2.63. The molecule has 0 aromatic heterocycles. The van der Waals surface area contributed by atoms with E-state index >= 15 is 0 Å². The van der Waals surface area contributed by atoms with Crippen LogP contribution in [0.4, 0.5) is 16.2 Å². The molecule has 0 aliphatic carbocycles. The second-order valence-corrected chi connectivity index (χ2v) is 5.33. The van der Waals surface area contributed by atoms with E-state index in [1.165, 1.54) is 0 Å². The van der Waals surface area contributed by atoms with Crippen LogP contribution < -0.4 is 15.5 Å². The van der Waals surface area contributed by atoms with E-state index in [-0.39, 0.29) is 17.9 Å². The minimum absolute atomic E-state index is 0.00126. The Morgan fingerprint density at radius 2 is 2.14 bits per heavy atom. The lowest BCUT2D eigenvalue weighted by Gasteiger charge is -2.21. The zero-order chi connectivity index (χ0) is 14.7. The Labute approximate surface area is 123 Å². The lowest BCUT2D eigenvalue weighted by molar-refractivity contribution is -0.123. The van der Waals surface area contributed by atoms with E-state index in [1.807, 2.05) is 24.3 Å². The molecule has 112 valence electrons. The summed E-state index contributed by atoms with van der Waals surface area (Å²) in [5, 5.41) is 5.66. The molecule has 1 aromatic carbocycles. The first kappa shape index (κ1) is 13.9. The molecule has 6 nitrogen and oxygen atoms in total. The molecule has 2 aliphatic rings. The van der Waals surface area contributed by atoms with E-state index in [2.05, 4.69) is 10.6 Å². The molecule has 2 saturated heterocycles. The van der Waals surface area contributed by atoms with Crippen LogP contribution in [-0.2, 0) is 9.53 Å². The van der Waals surface area contributed by atoms with Gasteiger partial charge in [-0.05, 0) is 37.1 Å². The van der Waals surface area contributed by atoms with Crippen LogP contribution in [0.25, 0.3) is 0 Å². The monoisotopic (exact) mass is 289 g/mol. The molecule has 2 N–H and O–H groups in total. The van der Waals surface area contributed by atoms with Crippen molar-refractivity contribution < 1.29 is 14.3 Å². The number of hydrogen-bond donors (Lipinski definition) is 2. The predicted molar refractivity (Wildman–Crippen MR) is 79.4 cm³/mol. The maximum absolute atomic E-state index is 12.1.